The van der Waals surface area contributed by atoms with Gasteiger partial charge in [-0.25, -0.2) is 4.79 Å². The molecule has 0 bridgehead atoms. The molecule has 0 fully saturated rings. The smallest absolute Gasteiger partial charge is 0.365 e. The van der Waals surface area contributed by atoms with Crippen molar-refractivity contribution in [2.45, 2.75) is 25.6 Å². The molecule has 0 saturated carbocycles. The van der Waals surface area contributed by atoms with E-state index in [-0.39, 0.29) is 24.5 Å². The number of hydrogen-bond acceptors (Lipinski definition) is 4. The molecule has 1 amide bonds. The fourth-order valence-electron chi connectivity index (χ4n) is 3.83. The molecular weight excluding hydrogens is 366 g/mol. The van der Waals surface area contributed by atoms with E-state index in [1.54, 1.807) is 4.90 Å². The van der Waals surface area contributed by atoms with Crippen molar-refractivity contribution in [1.29, 1.82) is 0 Å². The van der Waals surface area contributed by atoms with Gasteiger partial charge in [0.25, 0.3) is 5.91 Å². The van der Waals surface area contributed by atoms with E-state index in [0.29, 0.717) is 19.5 Å². The molecule has 0 aliphatic carbocycles. The molecule has 2 aromatic rings. The van der Waals surface area contributed by atoms with E-state index < -0.39 is 0 Å². The average molecular weight is 397 g/mol. The van der Waals surface area contributed by atoms with Crippen molar-refractivity contribution < 1.29 is 19.2 Å². The molecule has 0 spiro atoms. The minimum atomic E-state index is -0.355. The van der Waals surface area contributed by atoms with Crippen LogP contribution in [0, 0.1) is 0 Å². The third-order valence-corrected chi connectivity index (χ3v) is 5.61. The number of methoxy groups -OCH3 is 1. The highest BCUT2D eigenvalue weighted by Gasteiger charge is 2.37. The van der Waals surface area contributed by atoms with Gasteiger partial charge in [-0.15, -0.1) is 0 Å². The Kier molecular flexibility index (Phi) is 6.54. The second-order valence-corrected chi connectivity index (χ2v) is 7.87. The van der Waals surface area contributed by atoms with Crippen LogP contribution in [0.1, 0.15) is 16.7 Å². The zero-order valence-electron chi connectivity index (χ0n) is 17.6. The number of fused-ring (bicyclic) bond motifs is 1. The molecule has 6 heteroatoms. The Hall–Kier alpha value is -2.86. The Morgan fingerprint density at radius 3 is 2.31 bits per heavy atom. The number of carbonyl (C=O) groups is 2. The molecule has 29 heavy (non-hydrogen) atoms. The first-order chi connectivity index (χ1) is 13.9. The summed E-state index contributed by atoms with van der Waals surface area (Å²) in [6, 6.07) is 15.9. The maximum atomic E-state index is 12.9. The zero-order chi connectivity index (χ0) is 21.0. The number of benzene rings is 2. The maximum absolute atomic E-state index is 12.9. The number of anilines is 1. The number of nitrogens with zero attached hydrogens (tertiary/aromatic N) is 2. The number of ether oxygens (including phenoxy) is 1. The second kappa shape index (κ2) is 9.09. The topological polar surface area (TPSA) is 54.3 Å². The van der Waals surface area contributed by atoms with E-state index in [9.17, 15) is 9.59 Å². The lowest BCUT2D eigenvalue weighted by atomic mass is 9.94. The number of esters is 1. The number of rotatable bonds is 6. The molecular formula is C23H30N3O3+. The number of quaternary nitrogens is 1. The third kappa shape index (κ3) is 4.95. The van der Waals surface area contributed by atoms with Crippen molar-refractivity contribution in [2.24, 2.45) is 0 Å². The molecule has 0 radical (unpaired) electrons. The standard InChI is InChI=1S/C23H29N3O3/c1-24(2)20-11-9-17(10-12-20)14-25(3)22(27)16-26-15-19-8-6-5-7-18(19)13-21(26)23(28)29-4/h5-12,21H,13-16H2,1-4H3/p+1/t21-/m1/s1. The quantitative estimate of drug-likeness (QED) is 0.737. The molecule has 3 rings (SSSR count). The van der Waals surface area contributed by atoms with Gasteiger partial charge in [0.1, 0.15) is 6.54 Å². The van der Waals surface area contributed by atoms with Gasteiger partial charge in [-0.3, -0.25) is 4.79 Å². The van der Waals surface area contributed by atoms with Crippen LogP contribution in [0.25, 0.3) is 0 Å². The van der Waals surface area contributed by atoms with Gasteiger partial charge >= 0.3 is 5.97 Å². The number of carbonyl (C=O) groups excluding carboxylic acids is 2. The Bertz CT molecular complexity index is 864. The molecule has 0 saturated heterocycles. The lowest BCUT2D eigenvalue weighted by Gasteiger charge is -2.32. The minimum absolute atomic E-state index is 0.0185. The van der Waals surface area contributed by atoms with Crippen LogP contribution in [0.5, 0.6) is 0 Å². The Labute approximate surface area is 172 Å². The summed E-state index contributed by atoms with van der Waals surface area (Å²) >= 11 is 0. The summed E-state index contributed by atoms with van der Waals surface area (Å²) in [5, 5.41) is 0. The van der Waals surface area contributed by atoms with Crippen LogP contribution in [0.15, 0.2) is 48.5 Å². The van der Waals surface area contributed by atoms with Gasteiger partial charge < -0.3 is 19.4 Å². The highest BCUT2D eigenvalue weighted by atomic mass is 16.5. The summed E-state index contributed by atoms with van der Waals surface area (Å²) in [5.41, 5.74) is 4.56. The Morgan fingerprint density at radius 2 is 1.69 bits per heavy atom. The summed E-state index contributed by atoms with van der Waals surface area (Å²) in [6.45, 7) is 1.45. The molecule has 1 N–H and O–H groups in total. The van der Waals surface area contributed by atoms with Gasteiger partial charge in [-0.1, -0.05) is 36.4 Å². The maximum Gasteiger partial charge on any atom is 0.365 e. The first-order valence-corrected chi connectivity index (χ1v) is 9.88. The lowest BCUT2D eigenvalue weighted by Crippen LogP contribution is -3.17. The first kappa shape index (κ1) is 20.9. The fourth-order valence-corrected chi connectivity index (χ4v) is 3.83. The predicted molar refractivity (Wildman–Crippen MR) is 113 cm³/mol. The molecule has 2 atom stereocenters. The number of nitrogens with one attached hydrogen (secondary N) is 1. The molecule has 154 valence electrons. The highest BCUT2D eigenvalue weighted by Crippen LogP contribution is 2.15. The monoisotopic (exact) mass is 396 g/mol. The molecule has 6 nitrogen and oxygen atoms in total. The van der Waals surface area contributed by atoms with Crippen LogP contribution in [0.3, 0.4) is 0 Å². The summed E-state index contributed by atoms with van der Waals surface area (Å²) in [5.74, 6) is -0.241. The van der Waals surface area contributed by atoms with E-state index in [1.165, 1.54) is 12.7 Å². The predicted octanol–water partition coefficient (Wildman–Crippen LogP) is 0.894. The van der Waals surface area contributed by atoms with Crippen LogP contribution in [-0.2, 0) is 33.8 Å². The number of amides is 1. The summed E-state index contributed by atoms with van der Waals surface area (Å²) in [4.78, 5) is 30.0. The lowest BCUT2D eigenvalue weighted by molar-refractivity contribution is -0.925. The van der Waals surface area contributed by atoms with Gasteiger partial charge in [-0.2, -0.15) is 0 Å². The van der Waals surface area contributed by atoms with Gasteiger partial charge in [0.05, 0.1) is 7.11 Å². The van der Waals surface area contributed by atoms with Gasteiger partial charge in [0, 0.05) is 45.4 Å². The van der Waals surface area contributed by atoms with Crippen LogP contribution in [0.2, 0.25) is 0 Å². The van der Waals surface area contributed by atoms with Crippen molar-refractivity contribution in [3.63, 3.8) is 0 Å². The third-order valence-electron chi connectivity index (χ3n) is 5.61. The first-order valence-electron chi connectivity index (χ1n) is 9.88. The molecule has 1 heterocycles. The van der Waals surface area contributed by atoms with Gasteiger partial charge in [0.15, 0.2) is 12.6 Å². The van der Waals surface area contributed by atoms with Crippen LogP contribution >= 0.6 is 0 Å². The van der Waals surface area contributed by atoms with Crippen LogP contribution in [0.4, 0.5) is 5.69 Å². The molecule has 1 aliphatic heterocycles. The SMILES string of the molecule is COC(=O)[C@H]1Cc2ccccc2C[NH+]1CC(=O)N(C)Cc1ccc(N(C)C)cc1. The summed E-state index contributed by atoms with van der Waals surface area (Å²) in [6.07, 6.45) is 0.598. The van der Waals surface area contributed by atoms with E-state index >= 15 is 0 Å². The van der Waals surface area contributed by atoms with E-state index in [2.05, 4.69) is 6.07 Å². The van der Waals surface area contributed by atoms with Crippen molar-refractivity contribution >= 4 is 17.6 Å². The molecule has 1 aliphatic rings. The number of hydrogen-bond donors (Lipinski definition) is 1. The van der Waals surface area contributed by atoms with Crippen LogP contribution in [-0.4, -0.2) is 57.6 Å². The van der Waals surface area contributed by atoms with Crippen molar-refractivity contribution in [3.8, 4) is 0 Å². The van der Waals surface area contributed by atoms with Crippen molar-refractivity contribution in [1.82, 2.24) is 4.90 Å². The molecule has 2 aromatic carbocycles. The second-order valence-electron chi connectivity index (χ2n) is 7.87. The minimum Gasteiger partial charge on any atom is -0.465 e. The van der Waals surface area contributed by atoms with E-state index in [0.717, 1.165) is 21.7 Å². The summed E-state index contributed by atoms with van der Waals surface area (Å²) in [7, 11) is 7.22. The van der Waals surface area contributed by atoms with Crippen molar-refractivity contribution in [3.05, 3.63) is 65.2 Å². The molecule has 1 unspecified atom stereocenters. The van der Waals surface area contributed by atoms with Gasteiger partial charge in [0.2, 0.25) is 0 Å². The van der Waals surface area contributed by atoms with Crippen LogP contribution < -0.4 is 9.80 Å². The van der Waals surface area contributed by atoms with E-state index in [1.807, 2.05) is 68.5 Å². The zero-order valence-corrected chi connectivity index (χ0v) is 17.6. The fraction of sp³-hybridized carbons (Fsp3) is 0.391. The number of likely N-dealkylation sites (N-methyl/N-ethyl adjacent to an activating group) is 1. The normalized spacial score (nSPS) is 17.9. The Balaban J connectivity index is 1.67. The van der Waals surface area contributed by atoms with E-state index in [4.69, 9.17) is 4.74 Å². The molecule has 0 aromatic heterocycles. The summed E-state index contributed by atoms with van der Waals surface area (Å²) < 4.78 is 5.01. The van der Waals surface area contributed by atoms with Crippen molar-refractivity contribution in [2.75, 3.05) is 39.7 Å². The largest absolute Gasteiger partial charge is 0.465 e. The van der Waals surface area contributed by atoms with Gasteiger partial charge in [-0.05, 0) is 23.3 Å². The highest BCUT2D eigenvalue weighted by molar-refractivity contribution is 5.78. The Morgan fingerprint density at radius 1 is 1.03 bits per heavy atom. The average Bonchev–Trinajstić information content (AvgIpc) is 2.73.